The van der Waals surface area contributed by atoms with Gasteiger partial charge in [0, 0.05) is 57.4 Å². The summed E-state index contributed by atoms with van der Waals surface area (Å²) in [6.45, 7) is 7.89. The van der Waals surface area contributed by atoms with Crippen LogP contribution in [0.15, 0.2) is 36.5 Å². The average molecular weight is 284 g/mol. The zero-order chi connectivity index (χ0) is 14.5. The van der Waals surface area contributed by atoms with Gasteiger partial charge in [-0.1, -0.05) is 12.1 Å². The molecule has 0 saturated carbocycles. The van der Waals surface area contributed by atoms with E-state index in [1.165, 1.54) is 37.1 Å². The molecular weight excluding hydrogens is 260 g/mol. The number of nitrogens with one attached hydrogen (secondary N) is 1. The van der Waals surface area contributed by atoms with Gasteiger partial charge in [0.25, 0.3) is 0 Å². The third-order valence-corrected chi connectivity index (χ3v) is 4.20. The lowest BCUT2D eigenvalue weighted by Crippen LogP contribution is -2.46. The first kappa shape index (κ1) is 14.4. The molecule has 1 aromatic carbocycles. The smallest absolute Gasteiger partial charge is 0.0702 e. The minimum Gasteiger partial charge on any atom is -0.311 e. The number of benzene rings is 1. The molecule has 112 valence electrons. The summed E-state index contributed by atoms with van der Waals surface area (Å²) in [7, 11) is 2.20. The van der Waals surface area contributed by atoms with E-state index in [-0.39, 0.29) is 0 Å². The van der Waals surface area contributed by atoms with Crippen molar-refractivity contribution in [3.8, 4) is 0 Å². The standard InChI is InChI=1S/C17H24N4/c1-20-9-11-21(12-10-20)8-7-18-14-15-4-5-17-16(13-15)3-2-6-19-17/h2-6,13,18H,7-12,14H2,1H3. The highest BCUT2D eigenvalue weighted by atomic mass is 15.2. The van der Waals surface area contributed by atoms with Crippen LogP contribution in [0.3, 0.4) is 0 Å². The van der Waals surface area contributed by atoms with Crippen molar-refractivity contribution in [3.05, 3.63) is 42.1 Å². The van der Waals surface area contributed by atoms with Crippen molar-refractivity contribution in [3.63, 3.8) is 0 Å². The highest BCUT2D eigenvalue weighted by Gasteiger charge is 2.12. The van der Waals surface area contributed by atoms with Crippen molar-refractivity contribution in [2.24, 2.45) is 0 Å². The molecular formula is C17H24N4. The number of hydrogen-bond donors (Lipinski definition) is 1. The summed E-state index contributed by atoms with van der Waals surface area (Å²) in [6.07, 6.45) is 1.84. The second kappa shape index (κ2) is 6.98. The summed E-state index contributed by atoms with van der Waals surface area (Å²) >= 11 is 0. The third kappa shape index (κ3) is 4.00. The molecule has 0 radical (unpaired) electrons. The zero-order valence-corrected chi connectivity index (χ0v) is 12.8. The van der Waals surface area contributed by atoms with Gasteiger partial charge in [0.1, 0.15) is 0 Å². The van der Waals surface area contributed by atoms with E-state index in [4.69, 9.17) is 0 Å². The Bertz CT molecular complexity index is 576. The number of rotatable bonds is 5. The monoisotopic (exact) mass is 284 g/mol. The van der Waals surface area contributed by atoms with Gasteiger partial charge in [0.15, 0.2) is 0 Å². The average Bonchev–Trinajstić information content (AvgIpc) is 2.53. The van der Waals surface area contributed by atoms with E-state index in [1.54, 1.807) is 0 Å². The van der Waals surface area contributed by atoms with E-state index in [1.807, 2.05) is 12.3 Å². The van der Waals surface area contributed by atoms with Crippen LogP contribution in [-0.4, -0.2) is 61.1 Å². The van der Waals surface area contributed by atoms with E-state index >= 15 is 0 Å². The number of fused-ring (bicyclic) bond motifs is 1. The number of piperazine rings is 1. The van der Waals surface area contributed by atoms with Crippen LogP contribution in [0.1, 0.15) is 5.56 Å². The Hall–Kier alpha value is -1.49. The second-order valence-electron chi connectivity index (χ2n) is 5.85. The van der Waals surface area contributed by atoms with E-state index in [0.717, 1.165) is 25.2 Å². The van der Waals surface area contributed by atoms with Gasteiger partial charge in [-0.05, 0) is 30.8 Å². The maximum absolute atomic E-state index is 4.36. The molecule has 1 fully saturated rings. The van der Waals surface area contributed by atoms with Crippen molar-refractivity contribution in [2.75, 3.05) is 46.3 Å². The Balaban J connectivity index is 1.44. The van der Waals surface area contributed by atoms with Gasteiger partial charge in [0.2, 0.25) is 0 Å². The van der Waals surface area contributed by atoms with E-state index in [9.17, 15) is 0 Å². The topological polar surface area (TPSA) is 31.4 Å². The molecule has 0 atom stereocenters. The lowest BCUT2D eigenvalue weighted by atomic mass is 10.1. The van der Waals surface area contributed by atoms with Gasteiger partial charge in [-0.2, -0.15) is 0 Å². The fourth-order valence-corrected chi connectivity index (χ4v) is 2.78. The van der Waals surface area contributed by atoms with Crippen LogP contribution in [0.2, 0.25) is 0 Å². The Kier molecular flexibility index (Phi) is 4.80. The second-order valence-corrected chi connectivity index (χ2v) is 5.85. The summed E-state index contributed by atoms with van der Waals surface area (Å²) in [6, 6.07) is 10.6. The first-order chi connectivity index (χ1) is 10.3. The molecule has 1 aliphatic rings. The molecule has 0 unspecified atom stereocenters. The maximum Gasteiger partial charge on any atom is 0.0702 e. The fourth-order valence-electron chi connectivity index (χ4n) is 2.78. The number of likely N-dealkylation sites (N-methyl/N-ethyl adjacent to an activating group) is 1. The van der Waals surface area contributed by atoms with Gasteiger partial charge in [-0.15, -0.1) is 0 Å². The van der Waals surface area contributed by atoms with Crippen molar-refractivity contribution >= 4 is 10.9 Å². The minimum atomic E-state index is 0.929. The van der Waals surface area contributed by atoms with Crippen LogP contribution in [0.25, 0.3) is 10.9 Å². The molecule has 0 amide bonds. The van der Waals surface area contributed by atoms with Crippen molar-refractivity contribution in [1.29, 1.82) is 0 Å². The predicted molar refractivity (Wildman–Crippen MR) is 87.4 cm³/mol. The van der Waals surface area contributed by atoms with Crippen LogP contribution in [0.5, 0.6) is 0 Å². The van der Waals surface area contributed by atoms with Gasteiger partial charge < -0.3 is 10.2 Å². The van der Waals surface area contributed by atoms with E-state index in [0.29, 0.717) is 0 Å². The highest BCUT2D eigenvalue weighted by Crippen LogP contribution is 2.13. The van der Waals surface area contributed by atoms with Crippen LogP contribution >= 0.6 is 0 Å². The number of aromatic nitrogens is 1. The van der Waals surface area contributed by atoms with Gasteiger partial charge >= 0.3 is 0 Å². The molecule has 2 aromatic rings. The molecule has 2 heterocycles. The number of nitrogens with zero attached hydrogens (tertiary/aromatic N) is 3. The van der Waals surface area contributed by atoms with Gasteiger partial charge in [-0.25, -0.2) is 0 Å². The lowest BCUT2D eigenvalue weighted by molar-refractivity contribution is 0.154. The Morgan fingerprint density at radius 3 is 2.86 bits per heavy atom. The predicted octanol–water partition coefficient (Wildman–Crippen LogP) is 1.57. The summed E-state index contributed by atoms with van der Waals surface area (Å²) in [4.78, 5) is 9.29. The molecule has 0 bridgehead atoms. The molecule has 1 aromatic heterocycles. The lowest BCUT2D eigenvalue weighted by Gasteiger charge is -2.32. The normalized spacial score (nSPS) is 17.4. The van der Waals surface area contributed by atoms with Crippen molar-refractivity contribution in [2.45, 2.75) is 6.54 Å². The number of hydrogen-bond acceptors (Lipinski definition) is 4. The summed E-state index contributed by atoms with van der Waals surface area (Å²) in [5, 5.41) is 4.77. The van der Waals surface area contributed by atoms with E-state index < -0.39 is 0 Å². The molecule has 0 aliphatic carbocycles. The van der Waals surface area contributed by atoms with Gasteiger partial charge in [0.05, 0.1) is 5.52 Å². The van der Waals surface area contributed by atoms with Crippen LogP contribution in [0, 0.1) is 0 Å². The molecule has 21 heavy (non-hydrogen) atoms. The molecule has 1 N–H and O–H groups in total. The van der Waals surface area contributed by atoms with E-state index in [2.05, 4.69) is 51.4 Å². The maximum atomic E-state index is 4.36. The molecule has 1 aliphatic heterocycles. The summed E-state index contributed by atoms with van der Waals surface area (Å²) in [5.41, 5.74) is 2.40. The fraction of sp³-hybridized carbons (Fsp3) is 0.471. The Labute approximate surface area is 126 Å². The van der Waals surface area contributed by atoms with Crippen molar-refractivity contribution < 1.29 is 0 Å². The van der Waals surface area contributed by atoms with Crippen molar-refractivity contribution in [1.82, 2.24) is 20.1 Å². The molecule has 3 rings (SSSR count). The Morgan fingerprint density at radius 2 is 2.00 bits per heavy atom. The van der Waals surface area contributed by atoms with Gasteiger partial charge in [-0.3, -0.25) is 9.88 Å². The quantitative estimate of drug-likeness (QED) is 0.845. The first-order valence-electron chi connectivity index (χ1n) is 7.76. The first-order valence-corrected chi connectivity index (χ1v) is 7.76. The van der Waals surface area contributed by atoms with Crippen LogP contribution in [-0.2, 0) is 6.54 Å². The number of pyridine rings is 1. The molecule has 1 saturated heterocycles. The third-order valence-electron chi connectivity index (χ3n) is 4.20. The summed E-state index contributed by atoms with van der Waals surface area (Å²) < 4.78 is 0. The minimum absolute atomic E-state index is 0.929. The summed E-state index contributed by atoms with van der Waals surface area (Å²) in [5.74, 6) is 0. The zero-order valence-electron chi connectivity index (χ0n) is 12.8. The van der Waals surface area contributed by atoms with Crippen LogP contribution in [0.4, 0.5) is 0 Å². The van der Waals surface area contributed by atoms with Crippen LogP contribution < -0.4 is 5.32 Å². The Morgan fingerprint density at radius 1 is 1.14 bits per heavy atom. The molecule has 0 spiro atoms. The largest absolute Gasteiger partial charge is 0.311 e. The molecule has 4 heteroatoms. The SMILES string of the molecule is CN1CCN(CCNCc2ccc3ncccc3c2)CC1. The molecule has 4 nitrogen and oxygen atoms in total. The highest BCUT2D eigenvalue weighted by molar-refractivity contribution is 5.78.